The van der Waals surface area contributed by atoms with Crippen LogP contribution in [-0.4, -0.2) is 123 Å². The minimum atomic E-state index is -0.956. The van der Waals surface area contributed by atoms with Crippen LogP contribution in [0.4, 0.5) is 8.78 Å². The summed E-state index contributed by atoms with van der Waals surface area (Å²) in [6.45, 7) is 5.41. The van der Waals surface area contributed by atoms with Crippen LogP contribution in [0, 0.1) is 24.5 Å². The van der Waals surface area contributed by atoms with Crippen LogP contribution in [0.3, 0.4) is 0 Å². The number of ketones is 2. The first-order valence-corrected chi connectivity index (χ1v) is 24.2. The monoisotopic (exact) mass is 969 g/mol. The summed E-state index contributed by atoms with van der Waals surface area (Å²) >= 11 is 1.40. The van der Waals surface area contributed by atoms with Crippen LogP contribution in [0.25, 0.3) is 11.1 Å². The lowest BCUT2D eigenvalue weighted by molar-refractivity contribution is -0.143. The molecular formula is C50H65F2N3O12S. The molecule has 0 aliphatic carbocycles. The van der Waals surface area contributed by atoms with Crippen molar-refractivity contribution < 1.29 is 56.7 Å². The van der Waals surface area contributed by atoms with Crippen molar-refractivity contribution in [2.24, 2.45) is 11.7 Å². The minimum absolute atomic E-state index is 0.0149. The number of benzene rings is 3. The molecule has 0 spiro atoms. The van der Waals surface area contributed by atoms with Crippen LogP contribution in [0.5, 0.6) is 0 Å². The van der Waals surface area contributed by atoms with Crippen LogP contribution in [0.2, 0.25) is 0 Å². The zero-order valence-corrected chi connectivity index (χ0v) is 39.8. The summed E-state index contributed by atoms with van der Waals surface area (Å²) in [6, 6.07) is 18.9. The molecule has 1 aromatic heterocycles. The Kier molecular flexibility index (Phi) is 25.6. The molecule has 68 heavy (non-hydrogen) atoms. The molecular weight excluding hydrogens is 905 g/mol. The summed E-state index contributed by atoms with van der Waals surface area (Å²) in [6.07, 6.45) is 3.57. The third-order valence-corrected chi connectivity index (χ3v) is 11.6. The number of rotatable bonds is 36. The lowest BCUT2D eigenvalue weighted by Crippen LogP contribution is -2.44. The molecule has 2 atom stereocenters. The number of halogens is 2. The largest absolute Gasteiger partial charge is 0.481 e. The fourth-order valence-electron chi connectivity index (χ4n) is 7.17. The number of carboxylic acid groups (broad SMARTS) is 1. The van der Waals surface area contributed by atoms with Gasteiger partial charge in [-0.1, -0.05) is 60.7 Å². The minimum Gasteiger partial charge on any atom is -0.481 e. The quantitative estimate of drug-likeness (QED) is 0.0519. The highest BCUT2D eigenvalue weighted by Gasteiger charge is 2.23. The van der Waals surface area contributed by atoms with Gasteiger partial charge in [-0.2, -0.15) is 11.8 Å². The van der Waals surface area contributed by atoms with Gasteiger partial charge < -0.3 is 39.3 Å². The number of hydrogen-bond donors (Lipinski definition) is 2. The van der Waals surface area contributed by atoms with E-state index in [9.17, 15) is 32.8 Å². The summed E-state index contributed by atoms with van der Waals surface area (Å²) < 4.78 is 64.9. The number of aliphatic carboxylic acids is 1. The van der Waals surface area contributed by atoms with E-state index in [1.165, 1.54) is 22.4 Å². The second-order valence-electron chi connectivity index (χ2n) is 16.0. The van der Waals surface area contributed by atoms with Gasteiger partial charge in [-0.25, -0.2) is 13.6 Å². The molecule has 0 saturated carbocycles. The Bertz CT molecular complexity index is 2270. The summed E-state index contributed by atoms with van der Waals surface area (Å²) in [5.74, 6) is -2.92. The van der Waals surface area contributed by atoms with E-state index in [-0.39, 0.29) is 60.8 Å². The van der Waals surface area contributed by atoms with Crippen LogP contribution >= 0.6 is 11.8 Å². The molecule has 4 aromatic rings. The number of aromatic nitrogens is 2. The van der Waals surface area contributed by atoms with E-state index in [1.807, 2.05) is 18.4 Å². The van der Waals surface area contributed by atoms with Gasteiger partial charge >= 0.3 is 11.7 Å². The number of nitrogens with two attached hydrogens (primary N) is 1. The van der Waals surface area contributed by atoms with Gasteiger partial charge in [0.05, 0.1) is 97.2 Å². The highest BCUT2D eigenvalue weighted by atomic mass is 32.2. The first-order valence-electron chi connectivity index (χ1n) is 22.8. The van der Waals surface area contributed by atoms with Crippen molar-refractivity contribution in [3.05, 3.63) is 128 Å². The summed E-state index contributed by atoms with van der Waals surface area (Å²) in [7, 11) is 0. The number of ether oxygens (including phenoxy) is 6. The van der Waals surface area contributed by atoms with Crippen molar-refractivity contribution in [2.45, 2.75) is 64.6 Å². The number of hydrogen-bond acceptors (Lipinski definition) is 13. The van der Waals surface area contributed by atoms with E-state index < -0.39 is 47.4 Å². The molecule has 1 unspecified atom stereocenters. The molecule has 372 valence electrons. The molecule has 4 rings (SSSR count). The number of aryl methyl sites for hydroxylation is 1. The Hall–Kier alpha value is -4.92. The Morgan fingerprint density at radius 3 is 1.82 bits per heavy atom. The molecule has 0 fully saturated rings. The maximum absolute atomic E-state index is 14.8. The van der Waals surface area contributed by atoms with Gasteiger partial charge in [0.1, 0.15) is 23.2 Å². The van der Waals surface area contributed by atoms with Crippen molar-refractivity contribution in [1.82, 2.24) is 9.13 Å². The summed E-state index contributed by atoms with van der Waals surface area (Å²) in [5.41, 5.74) is 7.27. The van der Waals surface area contributed by atoms with Crippen LogP contribution in [0.1, 0.15) is 60.5 Å². The van der Waals surface area contributed by atoms with Crippen LogP contribution in [-0.2, 0) is 62.3 Å². The maximum atomic E-state index is 14.8. The summed E-state index contributed by atoms with van der Waals surface area (Å²) in [4.78, 5) is 64.0. The third kappa shape index (κ3) is 19.2. The second-order valence-corrected chi connectivity index (χ2v) is 16.9. The first kappa shape index (κ1) is 55.7. The number of carbonyl (C=O) groups is 3. The average Bonchev–Trinajstić information content (AvgIpc) is 3.32. The number of Topliss-reactive ketones (excluding diaryl/α,β-unsaturated/α-hetero) is 2. The Labute approximate surface area is 400 Å². The number of carbonyl (C=O) groups excluding carboxylic acids is 2. The van der Waals surface area contributed by atoms with Crippen molar-refractivity contribution in [1.29, 1.82) is 0 Å². The van der Waals surface area contributed by atoms with E-state index >= 15 is 0 Å². The van der Waals surface area contributed by atoms with E-state index in [0.717, 1.165) is 22.3 Å². The van der Waals surface area contributed by atoms with Gasteiger partial charge in [-0.15, -0.1) is 0 Å². The van der Waals surface area contributed by atoms with Crippen LogP contribution in [0.15, 0.2) is 82.4 Å². The maximum Gasteiger partial charge on any atom is 0.331 e. The van der Waals surface area contributed by atoms with Crippen molar-refractivity contribution in [3.8, 4) is 11.1 Å². The molecule has 0 saturated heterocycles. The van der Waals surface area contributed by atoms with E-state index in [1.54, 1.807) is 49.4 Å². The molecule has 0 amide bonds. The van der Waals surface area contributed by atoms with Gasteiger partial charge in [-0.3, -0.25) is 28.3 Å². The zero-order chi connectivity index (χ0) is 49.1. The standard InChI is InChI=1S/C50H65F2N3O12S/c1-36-47(48(58)55(34-46(53)38-10-4-3-5-11-38)50(61)54(36)33-43-44(51)14-7-15-45(43)52)39-12-6-9-37(31-39)16-17-41(56)13-8-19-62-21-23-64-25-27-66-29-30-67-28-26-65-24-22-63-20-18-42(57)32-40(35-68-2)49(59)60/h3-7,9-12,14-15,31,40,46H,8,13,16-30,32-35,53H2,1-2H3,(H,59,60)/t40?,46-/m0/s1. The molecule has 0 aliphatic heterocycles. The Morgan fingerprint density at radius 2 is 1.25 bits per heavy atom. The number of thioether (sulfide) groups is 1. The molecule has 0 aliphatic rings. The molecule has 1 heterocycles. The van der Waals surface area contributed by atoms with E-state index in [4.69, 9.17) is 39.3 Å². The Morgan fingerprint density at radius 1 is 0.691 bits per heavy atom. The summed E-state index contributed by atoms with van der Waals surface area (Å²) in [5, 5.41) is 9.15. The molecule has 3 aromatic carbocycles. The van der Waals surface area contributed by atoms with Crippen molar-refractivity contribution in [2.75, 3.05) is 91.3 Å². The smallest absolute Gasteiger partial charge is 0.331 e. The van der Waals surface area contributed by atoms with Crippen molar-refractivity contribution in [3.63, 3.8) is 0 Å². The number of nitrogens with zero attached hydrogens (tertiary/aromatic N) is 2. The van der Waals surface area contributed by atoms with E-state index in [0.29, 0.717) is 109 Å². The van der Waals surface area contributed by atoms with Crippen LogP contribution < -0.4 is 17.0 Å². The fourth-order valence-corrected chi connectivity index (χ4v) is 7.83. The Balaban J connectivity index is 1.09. The predicted octanol–water partition coefficient (Wildman–Crippen LogP) is 5.81. The zero-order valence-electron chi connectivity index (χ0n) is 39.0. The normalized spacial score (nSPS) is 12.3. The molecule has 0 bridgehead atoms. The average molecular weight is 970 g/mol. The predicted molar refractivity (Wildman–Crippen MR) is 255 cm³/mol. The van der Waals surface area contributed by atoms with Crippen molar-refractivity contribution >= 4 is 29.3 Å². The topological polar surface area (TPSA) is 197 Å². The van der Waals surface area contributed by atoms with Gasteiger partial charge in [0, 0.05) is 55.3 Å². The highest BCUT2D eigenvalue weighted by molar-refractivity contribution is 7.98. The van der Waals surface area contributed by atoms with Gasteiger partial charge in [-0.05, 0) is 54.8 Å². The lowest BCUT2D eigenvalue weighted by Gasteiger charge is -2.20. The number of carboxylic acids is 1. The SMILES string of the molecule is CSCC(CC(=O)CCOCCOCCOCCOCCOCCOCCCC(=O)CCc1cccc(-c2c(C)n(Cc3c(F)cccc3F)c(=O)n(C[C@H](N)c3ccccc3)c2=O)c1)C(=O)O. The molecule has 15 nitrogen and oxygen atoms in total. The van der Waals surface area contributed by atoms with E-state index in [2.05, 4.69) is 0 Å². The first-order chi connectivity index (χ1) is 32.9. The van der Waals surface area contributed by atoms with Gasteiger partial charge in [0.2, 0.25) is 0 Å². The highest BCUT2D eigenvalue weighted by Crippen LogP contribution is 2.23. The van der Waals surface area contributed by atoms with Gasteiger partial charge in [0.25, 0.3) is 5.56 Å². The molecule has 3 N–H and O–H groups in total. The van der Waals surface area contributed by atoms with Gasteiger partial charge in [0.15, 0.2) is 0 Å². The second kappa shape index (κ2) is 31.3. The molecule has 0 radical (unpaired) electrons. The third-order valence-electron chi connectivity index (χ3n) is 10.9. The lowest BCUT2D eigenvalue weighted by atomic mass is 9.99. The molecule has 18 heteroatoms. The fraction of sp³-hybridized carbons (Fsp3) is 0.500.